The van der Waals surface area contributed by atoms with E-state index < -0.39 is 11.7 Å². The largest absolute Gasteiger partial charge is 0.416 e. The van der Waals surface area contributed by atoms with E-state index in [0.717, 1.165) is 31.6 Å². The van der Waals surface area contributed by atoms with Crippen molar-refractivity contribution in [3.05, 3.63) is 65.2 Å². The highest BCUT2D eigenvalue weighted by molar-refractivity contribution is 6.05. The van der Waals surface area contributed by atoms with Crippen molar-refractivity contribution in [3.63, 3.8) is 0 Å². The summed E-state index contributed by atoms with van der Waals surface area (Å²) >= 11 is 0. The van der Waals surface area contributed by atoms with Crippen LogP contribution in [0.1, 0.15) is 46.7 Å². The highest BCUT2D eigenvalue weighted by atomic mass is 19.4. The van der Waals surface area contributed by atoms with Crippen molar-refractivity contribution in [2.24, 2.45) is 0 Å². The van der Waals surface area contributed by atoms with Crippen molar-refractivity contribution in [2.45, 2.75) is 43.4 Å². The fourth-order valence-corrected chi connectivity index (χ4v) is 4.30. The number of anilines is 1. The molecule has 2 aliphatic rings. The van der Waals surface area contributed by atoms with Crippen LogP contribution in [0.4, 0.5) is 18.9 Å². The molecule has 1 amide bonds. The lowest BCUT2D eigenvalue weighted by atomic mass is 10.0. The number of benzene rings is 2. The Balaban J connectivity index is 1.37. The molecule has 1 N–H and O–H groups in total. The maximum atomic E-state index is 13.0. The second-order valence-electron chi connectivity index (χ2n) is 8.73. The first kappa shape index (κ1) is 21.8. The van der Waals surface area contributed by atoms with Crippen molar-refractivity contribution in [2.75, 3.05) is 32.1 Å². The van der Waals surface area contributed by atoms with Gasteiger partial charge in [0.2, 0.25) is 0 Å². The Morgan fingerprint density at radius 2 is 1.77 bits per heavy atom. The Bertz CT molecular complexity index is 920. The minimum Gasteiger partial charge on any atom is -0.311 e. The van der Waals surface area contributed by atoms with Crippen LogP contribution in [0.2, 0.25) is 0 Å². The van der Waals surface area contributed by atoms with Gasteiger partial charge in [0.25, 0.3) is 5.91 Å². The van der Waals surface area contributed by atoms with Crippen LogP contribution in [-0.2, 0) is 6.18 Å². The third kappa shape index (κ3) is 5.10. The Morgan fingerprint density at radius 3 is 2.42 bits per heavy atom. The van der Waals surface area contributed by atoms with Gasteiger partial charge in [-0.05, 0) is 75.3 Å². The van der Waals surface area contributed by atoms with Gasteiger partial charge in [-0.25, -0.2) is 0 Å². The molecule has 2 aromatic carbocycles. The molecule has 2 unspecified atom stereocenters. The lowest BCUT2D eigenvalue weighted by molar-refractivity contribution is -0.137. The summed E-state index contributed by atoms with van der Waals surface area (Å²) in [6.45, 7) is 2.26. The molecular weight excluding hydrogens is 403 g/mol. The Morgan fingerprint density at radius 1 is 1.10 bits per heavy atom. The van der Waals surface area contributed by atoms with Gasteiger partial charge in [-0.15, -0.1) is 0 Å². The molecule has 31 heavy (non-hydrogen) atoms. The summed E-state index contributed by atoms with van der Waals surface area (Å²) in [7, 11) is 3.65. The minimum atomic E-state index is -4.44. The standard InChI is InChI=1S/C24H28F3N3O/c1-29-12-10-19(11-13-29)28-22-15-21(22)16-6-8-17(9-7-16)23(31)30(2)20-5-3-4-18(14-20)24(25,26)27/h3-9,14,19,21-22,28H,10-13,15H2,1-2H3. The second kappa shape index (κ2) is 8.63. The van der Waals surface area contributed by atoms with Crippen molar-refractivity contribution < 1.29 is 18.0 Å². The number of nitrogens with one attached hydrogen (secondary N) is 1. The molecule has 2 aromatic rings. The van der Waals surface area contributed by atoms with E-state index >= 15 is 0 Å². The topological polar surface area (TPSA) is 35.6 Å². The molecule has 1 aliphatic carbocycles. The molecule has 0 radical (unpaired) electrons. The zero-order chi connectivity index (χ0) is 22.2. The minimum absolute atomic E-state index is 0.216. The van der Waals surface area contributed by atoms with Crippen LogP contribution in [0.15, 0.2) is 48.5 Å². The van der Waals surface area contributed by atoms with Crippen molar-refractivity contribution in [1.29, 1.82) is 0 Å². The molecule has 0 bridgehead atoms. The summed E-state index contributed by atoms with van der Waals surface area (Å²) in [6.07, 6.45) is -0.988. The third-order valence-corrected chi connectivity index (χ3v) is 6.41. The molecule has 2 fully saturated rings. The van der Waals surface area contributed by atoms with Crippen molar-refractivity contribution in [3.8, 4) is 0 Å². The fourth-order valence-electron chi connectivity index (χ4n) is 4.30. The van der Waals surface area contributed by atoms with Crippen LogP contribution in [0.5, 0.6) is 0 Å². The molecular formula is C24H28F3N3O. The second-order valence-corrected chi connectivity index (χ2v) is 8.73. The predicted octanol–water partition coefficient (Wildman–Crippen LogP) is 4.52. The van der Waals surface area contributed by atoms with E-state index in [4.69, 9.17) is 0 Å². The van der Waals surface area contributed by atoms with E-state index in [1.807, 2.05) is 12.1 Å². The Kier molecular flexibility index (Phi) is 6.08. The highest BCUT2D eigenvalue weighted by Crippen LogP contribution is 2.41. The number of carbonyl (C=O) groups excluding carboxylic acids is 1. The summed E-state index contributed by atoms with van der Waals surface area (Å²) < 4.78 is 38.9. The van der Waals surface area contributed by atoms with E-state index in [0.29, 0.717) is 23.6 Å². The maximum absolute atomic E-state index is 13.0. The zero-order valence-corrected chi connectivity index (χ0v) is 17.8. The SMILES string of the molecule is CN1CCC(NC2CC2c2ccc(C(=O)N(C)c3cccc(C(F)(F)F)c3)cc2)CC1. The van der Waals surface area contributed by atoms with Gasteiger partial charge in [0.15, 0.2) is 0 Å². The first-order valence-corrected chi connectivity index (χ1v) is 10.7. The van der Waals surface area contributed by atoms with E-state index in [-0.39, 0.29) is 11.6 Å². The number of amides is 1. The van der Waals surface area contributed by atoms with Crippen LogP contribution in [0.3, 0.4) is 0 Å². The molecule has 1 heterocycles. The molecule has 1 saturated heterocycles. The third-order valence-electron chi connectivity index (χ3n) is 6.41. The molecule has 0 spiro atoms. The van der Waals surface area contributed by atoms with Gasteiger partial charge in [-0.1, -0.05) is 18.2 Å². The van der Waals surface area contributed by atoms with Gasteiger partial charge < -0.3 is 15.1 Å². The van der Waals surface area contributed by atoms with E-state index in [1.54, 1.807) is 12.1 Å². The molecule has 4 nitrogen and oxygen atoms in total. The molecule has 1 aliphatic heterocycles. The number of hydrogen-bond donors (Lipinski definition) is 1. The molecule has 4 rings (SSSR count). The molecule has 7 heteroatoms. The van der Waals surface area contributed by atoms with Gasteiger partial charge in [-0.3, -0.25) is 4.79 Å². The van der Waals surface area contributed by atoms with Crippen molar-refractivity contribution >= 4 is 11.6 Å². The van der Waals surface area contributed by atoms with E-state index in [1.165, 1.54) is 42.5 Å². The number of carbonyl (C=O) groups is 1. The normalized spacial score (nSPS) is 22.4. The lowest BCUT2D eigenvalue weighted by Crippen LogP contribution is -2.42. The summed E-state index contributed by atoms with van der Waals surface area (Å²) in [5.41, 5.74) is 1.11. The Labute approximate surface area is 181 Å². The lowest BCUT2D eigenvalue weighted by Gasteiger charge is -2.29. The number of halogens is 3. The molecule has 166 valence electrons. The first-order chi connectivity index (χ1) is 14.7. The fraction of sp³-hybridized carbons (Fsp3) is 0.458. The summed E-state index contributed by atoms with van der Waals surface area (Å²) in [4.78, 5) is 16.4. The number of piperidine rings is 1. The van der Waals surface area contributed by atoms with Crippen LogP contribution in [0.25, 0.3) is 0 Å². The number of nitrogens with zero attached hydrogens (tertiary/aromatic N) is 2. The monoisotopic (exact) mass is 431 g/mol. The molecule has 0 aromatic heterocycles. The van der Waals surface area contributed by atoms with E-state index in [9.17, 15) is 18.0 Å². The van der Waals surface area contributed by atoms with Gasteiger partial charge in [0, 0.05) is 36.3 Å². The molecule has 1 saturated carbocycles. The van der Waals surface area contributed by atoms with Gasteiger partial charge in [0.05, 0.1) is 5.56 Å². The van der Waals surface area contributed by atoms with Crippen LogP contribution < -0.4 is 10.2 Å². The van der Waals surface area contributed by atoms with Crippen LogP contribution in [0, 0.1) is 0 Å². The number of hydrogen-bond acceptors (Lipinski definition) is 3. The van der Waals surface area contributed by atoms with Gasteiger partial charge in [0.1, 0.15) is 0 Å². The van der Waals surface area contributed by atoms with Gasteiger partial charge in [-0.2, -0.15) is 13.2 Å². The quantitative estimate of drug-likeness (QED) is 0.756. The summed E-state index contributed by atoms with van der Waals surface area (Å²) in [5, 5.41) is 3.76. The van der Waals surface area contributed by atoms with Crippen molar-refractivity contribution in [1.82, 2.24) is 10.2 Å². The maximum Gasteiger partial charge on any atom is 0.416 e. The van der Waals surface area contributed by atoms with Crippen LogP contribution in [-0.4, -0.2) is 50.1 Å². The smallest absolute Gasteiger partial charge is 0.311 e. The van der Waals surface area contributed by atoms with E-state index in [2.05, 4.69) is 17.3 Å². The average molecular weight is 432 g/mol. The average Bonchev–Trinajstić information content (AvgIpc) is 3.53. The predicted molar refractivity (Wildman–Crippen MR) is 115 cm³/mol. The first-order valence-electron chi connectivity index (χ1n) is 10.7. The summed E-state index contributed by atoms with van der Waals surface area (Å²) in [6, 6.07) is 13.4. The number of rotatable bonds is 5. The highest BCUT2D eigenvalue weighted by Gasteiger charge is 2.39. The van der Waals surface area contributed by atoms with Gasteiger partial charge >= 0.3 is 6.18 Å². The number of likely N-dealkylation sites (tertiary alicyclic amines) is 1. The molecule has 2 atom stereocenters. The number of alkyl halides is 3. The zero-order valence-electron chi connectivity index (χ0n) is 17.8. The Hall–Kier alpha value is -2.38. The summed E-state index contributed by atoms with van der Waals surface area (Å²) in [5.74, 6) is 0.132. The van der Waals surface area contributed by atoms with Crippen LogP contribution >= 0.6 is 0 Å².